The summed E-state index contributed by atoms with van der Waals surface area (Å²) in [5.74, 6) is -1.69. The Kier molecular flexibility index (Phi) is 13.8. The van der Waals surface area contributed by atoms with E-state index in [9.17, 15) is 40.2 Å². The van der Waals surface area contributed by atoms with E-state index in [1.54, 1.807) is 52.0 Å². The Hall–Kier alpha value is -3.04. The lowest BCUT2D eigenvalue weighted by Gasteiger charge is -2.30. The number of carboxylic acids is 2. The quantitative estimate of drug-likeness (QED) is 0.108. The summed E-state index contributed by atoms with van der Waals surface area (Å²) in [7, 11) is 0. The van der Waals surface area contributed by atoms with Crippen LogP contribution in [0.25, 0.3) is 11.1 Å². The molecule has 0 radical (unpaired) electrons. The second-order valence-electron chi connectivity index (χ2n) is 12.9. The number of carboxylic acid groups (broad SMARTS) is 2. The van der Waals surface area contributed by atoms with Crippen molar-refractivity contribution in [1.29, 1.82) is 0 Å². The Balaban J connectivity index is 0.00000330. The summed E-state index contributed by atoms with van der Waals surface area (Å²) in [5, 5.41) is 62.7. The first-order chi connectivity index (χ1) is 20.6. The molecule has 0 saturated heterocycles. The number of aliphatic hydroxyl groups is 4. The van der Waals surface area contributed by atoms with Crippen LogP contribution in [0.1, 0.15) is 104 Å². The van der Waals surface area contributed by atoms with Gasteiger partial charge in [0.05, 0.1) is 23.0 Å². The Morgan fingerprint density at radius 3 is 1.27 bits per heavy atom. The van der Waals surface area contributed by atoms with Gasteiger partial charge in [-0.05, 0) is 112 Å². The number of unbranched alkanes of at least 4 members (excludes halogenated alkanes) is 2. The fraction of sp³-hybridized carbons (Fsp3) is 0.556. The lowest BCUT2D eigenvalue weighted by atomic mass is 9.79. The molecule has 244 valence electrons. The minimum atomic E-state index is -0.985. The summed E-state index contributed by atoms with van der Waals surface area (Å²) in [5.41, 5.74) is 1.96. The molecule has 6 N–H and O–H groups in total. The van der Waals surface area contributed by atoms with Gasteiger partial charge in [-0.1, -0.05) is 63.1 Å². The van der Waals surface area contributed by atoms with Gasteiger partial charge in [0.15, 0.2) is 0 Å². The van der Waals surface area contributed by atoms with Crippen molar-refractivity contribution in [3.8, 4) is 0 Å². The van der Waals surface area contributed by atoms with Crippen LogP contribution in [0.3, 0.4) is 0 Å². The molecule has 0 saturated carbocycles. The first-order valence-electron chi connectivity index (χ1n) is 15.8. The molecule has 44 heavy (non-hydrogen) atoms. The molecular weight excluding hydrogens is 560 g/mol. The average molecular weight is 613 g/mol. The molecule has 0 aromatic heterocycles. The minimum Gasteiger partial charge on any atom is -0.481 e. The Morgan fingerprint density at radius 2 is 0.955 bits per heavy atom. The maximum absolute atomic E-state index is 11.4. The zero-order valence-corrected chi connectivity index (χ0v) is 27.1. The molecule has 4 unspecified atom stereocenters. The van der Waals surface area contributed by atoms with E-state index in [1.807, 2.05) is 38.1 Å². The van der Waals surface area contributed by atoms with Gasteiger partial charge >= 0.3 is 11.9 Å². The lowest BCUT2D eigenvalue weighted by molar-refractivity contribution is -0.148. The highest BCUT2D eigenvalue weighted by Gasteiger charge is 2.31. The number of rotatable bonds is 14. The summed E-state index contributed by atoms with van der Waals surface area (Å²) < 4.78 is 0. The van der Waals surface area contributed by atoms with Crippen LogP contribution in [0, 0.1) is 10.8 Å². The van der Waals surface area contributed by atoms with Crippen molar-refractivity contribution in [2.45, 2.75) is 117 Å². The van der Waals surface area contributed by atoms with Crippen molar-refractivity contribution < 1.29 is 40.2 Å². The molecule has 0 fully saturated rings. The number of benzene rings is 1. The Labute approximate surface area is 262 Å². The normalized spacial score (nSPS) is 22.1. The molecule has 0 heterocycles. The lowest BCUT2D eigenvalue weighted by Crippen LogP contribution is -2.25. The molecule has 3 rings (SSSR count). The topological polar surface area (TPSA) is 156 Å². The highest BCUT2D eigenvalue weighted by molar-refractivity contribution is 5.86. The summed E-state index contributed by atoms with van der Waals surface area (Å²) in [4.78, 5) is 22.8. The summed E-state index contributed by atoms with van der Waals surface area (Å²) in [6.07, 6.45) is 7.30. The third kappa shape index (κ3) is 9.73. The van der Waals surface area contributed by atoms with E-state index >= 15 is 0 Å². The number of hydrogen-bond acceptors (Lipinski definition) is 6. The van der Waals surface area contributed by atoms with Crippen molar-refractivity contribution >= 4 is 23.1 Å². The second kappa shape index (κ2) is 16.3. The SMILES string of the molecule is CC.CC(C)(CCCCC1=CC(O)C=C(c2ccccc2C2=CC(O)C=C(CCCCC(C)(C)C(=O)O)C2O)C1O)C(=O)O. The van der Waals surface area contributed by atoms with E-state index in [1.165, 1.54) is 0 Å². The maximum atomic E-state index is 11.4. The number of aliphatic hydroxyl groups excluding tert-OH is 4. The molecule has 1 aromatic rings. The number of hydrogen-bond donors (Lipinski definition) is 6. The fourth-order valence-corrected chi connectivity index (χ4v) is 5.57. The second-order valence-corrected chi connectivity index (χ2v) is 12.9. The smallest absolute Gasteiger partial charge is 0.309 e. The van der Waals surface area contributed by atoms with Crippen LogP contribution in [0.2, 0.25) is 0 Å². The molecule has 0 aliphatic heterocycles. The first kappa shape index (κ1) is 37.1. The third-order valence-electron chi connectivity index (χ3n) is 8.50. The molecule has 0 bridgehead atoms. The molecule has 0 spiro atoms. The van der Waals surface area contributed by atoms with E-state index in [0.717, 1.165) is 0 Å². The van der Waals surface area contributed by atoms with Gasteiger partial charge in [-0.2, -0.15) is 0 Å². The van der Waals surface area contributed by atoms with E-state index < -0.39 is 47.2 Å². The molecule has 2 aliphatic rings. The Morgan fingerprint density at radius 1 is 0.614 bits per heavy atom. The van der Waals surface area contributed by atoms with Crippen LogP contribution in [-0.2, 0) is 9.59 Å². The van der Waals surface area contributed by atoms with Gasteiger partial charge in [-0.15, -0.1) is 0 Å². The number of carbonyl (C=O) groups is 2. The molecule has 8 heteroatoms. The molecule has 1 aromatic carbocycles. The van der Waals surface area contributed by atoms with Crippen LogP contribution in [0.4, 0.5) is 0 Å². The predicted molar refractivity (Wildman–Crippen MR) is 174 cm³/mol. The highest BCUT2D eigenvalue weighted by Crippen LogP contribution is 2.39. The van der Waals surface area contributed by atoms with Gasteiger partial charge in [0, 0.05) is 0 Å². The van der Waals surface area contributed by atoms with Gasteiger partial charge in [0.2, 0.25) is 0 Å². The van der Waals surface area contributed by atoms with Gasteiger partial charge in [-0.25, -0.2) is 0 Å². The predicted octanol–water partition coefficient (Wildman–Crippen LogP) is 6.15. The zero-order chi connectivity index (χ0) is 33.2. The van der Waals surface area contributed by atoms with E-state index in [0.29, 0.717) is 84.8 Å². The largest absolute Gasteiger partial charge is 0.481 e. The fourth-order valence-electron chi connectivity index (χ4n) is 5.57. The van der Waals surface area contributed by atoms with Gasteiger partial charge in [0.1, 0.15) is 12.2 Å². The van der Waals surface area contributed by atoms with Crippen LogP contribution in [-0.4, -0.2) is 67.0 Å². The monoisotopic (exact) mass is 612 g/mol. The standard InChI is InChI=1S/C34H46O8.C2H6/c1-33(2,31(39)40)15-9-7-11-21-17-23(35)19-27(29(21)37)25-13-5-6-14-26(25)28-20-24(36)18-22(30(28)38)12-8-10-16-34(3,4)32(41)42;1-2/h5-6,13-14,17-20,23-24,29-30,35-38H,7-12,15-16H2,1-4H3,(H,39,40)(H,41,42);1-2H3. The van der Waals surface area contributed by atoms with Crippen molar-refractivity contribution in [2.75, 3.05) is 0 Å². The van der Waals surface area contributed by atoms with Gasteiger partial charge in [0.25, 0.3) is 0 Å². The van der Waals surface area contributed by atoms with Crippen LogP contribution >= 0.6 is 0 Å². The third-order valence-corrected chi connectivity index (χ3v) is 8.50. The zero-order valence-electron chi connectivity index (χ0n) is 27.1. The first-order valence-corrected chi connectivity index (χ1v) is 15.8. The Bertz CT molecular complexity index is 1170. The van der Waals surface area contributed by atoms with Gasteiger partial charge in [-0.3, -0.25) is 9.59 Å². The minimum absolute atomic E-state index is 0.501. The molecule has 0 amide bonds. The number of aliphatic carboxylic acids is 2. The molecule has 4 atom stereocenters. The van der Waals surface area contributed by atoms with E-state index in [-0.39, 0.29) is 0 Å². The molecule has 2 aliphatic carbocycles. The summed E-state index contributed by atoms with van der Waals surface area (Å²) in [6, 6.07) is 7.28. The van der Waals surface area contributed by atoms with Crippen LogP contribution < -0.4 is 0 Å². The average Bonchev–Trinajstić information content (AvgIpc) is 2.97. The summed E-state index contributed by atoms with van der Waals surface area (Å²) >= 11 is 0. The van der Waals surface area contributed by atoms with Crippen molar-refractivity contribution in [3.63, 3.8) is 0 Å². The molecular formula is C36H52O8. The van der Waals surface area contributed by atoms with Gasteiger partial charge < -0.3 is 30.6 Å². The van der Waals surface area contributed by atoms with Crippen molar-refractivity contribution in [1.82, 2.24) is 0 Å². The van der Waals surface area contributed by atoms with E-state index in [4.69, 9.17) is 0 Å². The van der Waals surface area contributed by atoms with Crippen molar-refractivity contribution in [3.05, 3.63) is 70.8 Å². The highest BCUT2D eigenvalue weighted by atomic mass is 16.4. The van der Waals surface area contributed by atoms with Crippen LogP contribution in [0.15, 0.2) is 59.7 Å². The molecule has 8 nitrogen and oxygen atoms in total. The maximum Gasteiger partial charge on any atom is 0.309 e. The summed E-state index contributed by atoms with van der Waals surface area (Å²) in [6.45, 7) is 10.8. The van der Waals surface area contributed by atoms with Crippen molar-refractivity contribution in [2.24, 2.45) is 10.8 Å². The van der Waals surface area contributed by atoms with Crippen LogP contribution in [0.5, 0.6) is 0 Å². The van der Waals surface area contributed by atoms with E-state index in [2.05, 4.69) is 0 Å².